The third-order valence-corrected chi connectivity index (χ3v) is 4.15. The predicted octanol–water partition coefficient (Wildman–Crippen LogP) is 3.18. The molecular weight excluding hydrogens is 232 g/mol. The summed E-state index contributed by atoms with van der Waals surface area (Å²) in [4.78, 5) is 4.35. The van der Waals surface area contributed by atoms with Gasteiger partial charge in [0.25, 0.3) is 0 Å². The summed E-state index contributed by atoms with van der Waals surface area (Å²) in [6, 6.07) is 3.90. The number of hydrogen-bond donors (Lipinski definition) is 1. The third-order valence-electron chi connectivity index (χ3n) is 2.75. The van der Waals surface area contributed by atoms with Crippen LogP contribution in [0.5, 0.6) is 5.75 Å². The number of hydrogen-bond acceptors (Lipinski definition) is 4. The minimum absolute atomic E-state index is 0.732. The van der Waals surface area contributed by atoms with Gasteiger partial charge in [-0.25, -0.2) is 4.98 Å². The Morgan fingerprint density at radius 3 is 3.29 bits per heavy atom. The highest BCUT2D eigenvalue weighted by Gasteiger charge is 2.15. The molecule has 0 aliphatic carbocycles. The number of aromatic nitrogens is 1. The summed E-state index contributed by atoms with van der Waals surface area (Å²) in [5, 5.41) is 4.14. The molecule has 1 aliphatic rings. The number of anilines is 1. The molecule has 4 heteroatoms. The summed E-state index contributed by atoms with van der Waals surface area (Å²) in [5.41, 5.74) is 0. The molecule has 1 aliphatic heterocycles. The van der Waals surface area contributed by atoms with Crippen molar-refractivity contribution in [3.05, 3.63) is 18.3 Å². The Balaban J connectivity index is 1.89. The van der Waals surface area contributed by atoms with Crippen LogP contribution in [0.4, 0.5) is 5.82 Å². The molecule has 1 aromatic rings. The van der Waals surface area contributed by atoms with E-state index in [2.05, 4.69) is 29.0 Å². The van der Waals surface area contributed by atoms with Gasteiger partial charge in [-0.3, -0.25) is 0 Å². The average Bonchev–Trinajstić information content (AvgIpc) is 2.88. The van der Waals surface area contributed by atoms with Crippen molar-refractivity contribution < 1.29 is 4.74 Å². The van der Waals surface area contributed by atoms with Crippen LogP contribution < -0.4 is 10.1 Å². The minimum atomic E-state index is 0.732. The van der Waals surface area contributed by atoms with Crippen molar-refractivity contribution in [3.63, 3.8) is 0 Å². The van der Waals surface area contributed by atoms with E-state index in [0.717, 1.165) is 36.4 Å². The highest BCUT2D eigenvalue weighted by Crippen LogP contribution is 2.27. The molecule has 1 N–H and O–H groups in total. The van der Waals surface area contributed by atoms with Gasteiger partial charge >= 0.3 is 0 Å². The molecule has 0 saturated carbocycles. The molecule has 0 aromatic carbocycles. The quantitative estimate of drug-likeness (QED) is 0.843. The topological polar surface area (TPSA) is 34.1 Å². The molecule has 94 valence electrons. The number of nitrogens with one attached hydrogen (secondary N) is 1. The highest BCUT2D eigenvalue weighted by atomic mass is 32.2. The summed E-state index contributed by atoms with van der Waals surface area (Å²) in [6.45, 7) is 3.85. The lowest BCUT2D eigenvalue weighted by atomic mass is 10.2. The minimum Gasteiger partial charge on any atom is -0.490 e. The van der Waals surface area contributed by atoms with Gasteiger partial charge in [0.2, 0.25) is 0 Å². The first kappa shape index (κ1) is 12.6. The molecular formula is C13H20N2OS. The lowest BCUT2D eigenvalue weighted by Gasteiger charge is -2.14. The fourth-order valence-corrected chi connectivity index (χ4v) is 3.07. The van der Waals surface area contributed by atoms with E-state index in [1.807, 2.05) is 18.3 Å². The number of pyridine rings is 1. The van der Waals surface area contributed by atoms with Crippen LogP contribution in [0.2, 0.25) is 0 Å². The Hall–Kier alpha value is -0.900. The molecule has 2 rings (SSSR count). The van der Waals surface area contributed by atoms with Gasteiger partial charge in [-0.05, 0) is 37.1 Å². The van der Waals surface area contributed by atoms with Gasteiger partial charge in [0.05, 0.1) is 6.61 Å². The molecule has 1 aromatic heterocycles. The molecule has 0 amide bonds. The monoisotopic (exact) mass is 252 g/mol. The van der Waals surface area contributed by atoms with Gasteiger partial charge in [0.15, 0.2) is 11.6 Å². The van der Waals surface area contributed by atoms with Crippen molar-refractivity contribution in [2.24, 2.45) is 0 Å². The summed E-state index contributed by atoms with van der Waals surface area (Å²) in [5.74, 6) is 3.05. The van der Waals surface area contributed by atoms with Crippen molar-refractivity contribution in [1.82, 2.24) is 4.98 Å². The van der Waals surface area contributed by atoms with Crippen molar-refractivity contribution in [3.8, 4) is 5.75 Å². The van der Waals surface area contributed by atoms with Gasteiger partial charge in [-0.2, -0.15) is 11.8 Å². The molecule has 1 fully saturated rings. The largest absolute Gasteiger partial charge is 0.490 e. The third kappa shape index (κ3) is 3.80. The molecule has 0 bridgehead atoms. The van der Waals surface area contributed by atoms with E-state index in [0.29, 0.717) is 0 Å². The Morgan fingerprint density at radius 1 is 1.59 bits per heavy atom. The number of ether oxygens (including phenoxy) is 1. The van der Waals surface area contributed by atoms with E-state index >= 15 is 0 Å². The van der Waals surface area contributed by atoms with Gasteiger partial charge in [-0.1, -0.05) is 6.92 Å². The van der Waals surface area contributed by atoms with Crippen LogP contribution in [0, 0.1) is 0 Å². The van der Waals surface area contributed by atoms with E-state index < -0.39 is 0 Å². The first-order valence-corrected chi connectivity index (χ1v) is 7.38. The van der Waals surface area contributed by atoms with Crippen LogP contribution in [0.3, 0.4) is 0 Å². The fraction of sp³-hybridized carbons (Fsp3) is 0.615. The van der Waals surface area contributed by atoms with Crippen molar-refractivity contribution in [2.45, 2.75) is 31.4 Å². The van der Waals surface area contributed by atoms with Crippen LogP contribution in [0.1, 0.15) is 26.2 Å². The van der Waals surface area contributed by atoms with Gasteiger partial charge in [0.1, 0.15) is 0 Å². The number of nitrogens with zero attached hydrogens (tertiary/aromatic N) is 1. The second kappa shape index (κ2) is 6.74. The summed E-state index contributed by atoms with van der Waals surface area (Å²) >= 11 is 2.05. The van der Waals surface area contributed by atoms with Crippen molar-refractivity contribution in [1.29, 1.82) is 0 Å². The maximum atomic E-state index is 5.67. The summed E-state index contributed by atoms with van der Waals surface area (Å²) in [7, 11) is 0. The lowest BCUT2D eigenvalue weighted by molar-refractivity contribution is 0.318. The number of thioether (sulfide) groups is 1. The van der Waals surface area contributed by atoms with E-state index in [4.69, 9.17) is 4.74 Å². The molecule has 1 unspecified atom stereocenters. The maximum absolute atomic E-state index is 5.67. The zero-order valence-electron chi connectivity index (χ0n) is 10.3. The maximum Gasteiger partial charge on any atom is 0.168 e. The van der Waals surface area contributed by atoms with E-state index in [1.165, 1.54) is 18.6 Å². The standard InChI is InChI=1S/C13H20N2OS/c1-2-8-16-12-6-3-7-14-13(12)15-10-11-5-4-9-17-11/h3,6-7,11H,2,4-5,8-10H2,1H3,(H,14,15). The SMILES string of the molecule is CCCOc1cccnc1NCC1CCCS1. The van der Waals surface area contributed by atoms with Gasteiger partial charge < -0.3 is 10.1 Å². The zero-order valence-corrected chi connectivity index (χ0v) is 11.1. The number of rotatable bonds is 6. The fourth-order valence-electron chi connectivity index (χ4n) is 1.87. The van der Waals surface area contributed by atoms with Gasteiger partial charge in [-0.15, -0.1) is 0 Å². The Kier molecular flexibility index (Phi) is 4.98. The smallest absolute Gasteiger partial charge is 0.168 e. The Morgan fingerprint density at radius 2 is 2.53 bits per heavy atom. The van der Waals surface area contributed by atoms with E-state index in [-0.39, 0.29) is 0 Å². The first-order valence-electron chi connectivity index (χ1n) is 6.33. The second-order valence-electron chi connectivity index (χ2n) is 4.21. The Labute approximate surface area is 107 Å². The predicted molar refractivity (Wildman–Crippen MR) is 74.0 cm³/mol. The highest BCUT2D eigenvalue weighted by molar-refractivity contribution is 8.00. The first-order chi connectivity index (χ1) is 8.40. The summed E-state index contributed by atoms with van der Waals surface area (Å²) < 4.78 is 5.67. The molecule has 2 heterocycles. The van der Waals surface area contributed by atoms with E-state index in [1.54, 1.807) is 0 Å². The lowest BCUT2D eigenvalue weighted by Crippen LogP contribution is -2.15. The van der Waals surface area contributed by atoms with Crippen LogP contribution in [-0.2, 0) is 0 Å². The van der Waals surface area contributed by atoms with Crippen LogP contribution in [-0.4, -0.2) is 29.1 Å². The van der Waals surface area contributed by atoms with Crippen LogP contribution in [0.15, 0.2) is 18.3 Å². The molecule has 1 atom stereocenters. The summed E-state index contributed by atoms with van der Waals surface area (Å²) in [6.07, 6.45) is 5.49. The molecule has 0 radical (unpaired) electrons. The van der Waals surface area contributed by atoms with Crippen LogP contribution >= 0.6 is 11.8 Å². The van der Waals surface area contributed by atoms with Crippen molar-refractivity contribution >= 4 is 17.6 Å². The molecule has 0 spiro atoms. The molecule has 3 nitrogen and oxygen atoms in total. The van der Waals surface area contributed by atoms with E-state index in [9.17, 15) is 0 Å². The zero-order chi connectivity index (χ0) is 11.9. The molecule has 1 saturated heterocycles. The molecule has 17 heavy (non-hydrogen) atoms. The van der Waals surface area contributed by atoms with Crippen LogP contribution in [0.25, 0.3) is 0 Å². The van der Waals surface area contributed by atoms with Gasteiger partial charge in [0, 0.05) is 18.0 Å². The average molecular weight is 252 g/mol. The Bertz CT molecular complexity index is 340. The normalized spacial score (nSPS) is 19.2. The van der Waals surface area contributed by atoms with Crippen molar-refractivity contribution in [2.75, 3.05) is 24.2 Å². The second-order valence-corrected chi connectivity index (χ2v) is 5.62.